The standard InChI is InChI=1S/C27H23F3N2O4S/c1-3-35-26(34)23-20-9-7-15(2)11-22(20)37-25(23)32-24(33)17(14-31)13-19-8-10-21(36-19)16-5-4-6-18(12-16)27(28,29)30/h4-6,8,10,12-13,15H,3,7,9,11H2,1-2H3,(H,32,33)/b17-13-. The van der Waals surface area contributed by atoms with Crippen molar-refractivity contribution in [2.75, 3.05) is 11.9 Å². The van der Waals surface area contributed by atoms with E-state index in [1.54, 1.807) is 6.92 Å². The molecule has 0 saturated carbocycles. The summed E-state index contributed by atoms with van der Waals surface area (Å²) in [6, 6.07) is 9.39. The summed E-state index contributed by atoms with van der Waals surface area (Å²) in [5.41, 5.74) is 0.288. The number of halogens is 3. The van der Waals surface area contributed by atoms with Crippen molar-refractivity contribution in [1.82, 2.24) is 0 Å². The highest BCUT2D eigenvalue weighted by Gasteiger charge is 2.31. The van der Waals surface area contributed by atoms with Crippen LogP contribution >= 0.6 is 11.3 Å². The van der Waals surface area contributed by atoms with Gasteiger partial charge in [-0.2, -0.15) is 18.4 Å². The number of alkyl halides is 3. The van der Waals surface area contributed by atoms with E-state index in [-0.39, 0.29) is 29.3 Å². The van der Waals surface area contributed by atoms with Crippen LogP contribution in [0.5, 0.6) is 0 Å². The Bertz CT molecular complexity index is 1410. The highest BCUT2D eigenvalue weighted by atomic mass is 32.1. The minimum absolute atomic E-state index is 0.115. The summed E-state index contributed by atoms with van der Waals surface area (Å²) in [7, 11) is 0. The van der Waals surface area contributed by atoms with Crippen molar-refractivity contribution in [2.45, 2.75) is 39.3 Å². The highest BCUT2D eigenvalue weighted by Crippen LogP contribution is 2.40. The van der Waals surface area contributed by atoms with E-state index in [4.69, 9.17) is 9.15 Å². The molecule has 6 nitrogen and oxygen atoms in total. The smallest absolute Gasteiger partial charge is 0.416 e. The quantitative estimate of drug-likeness (QED) is 0.214. The van der Waals surface area contributed by atoms with Crippen LogP contribution in [0.2, 0.25) is 0 Å². The third-order valence-corrected chi connectivity index (χ3v) is 7.14. The molecule has 1 unspecified atom stereocenters. The molecule has 3 aromatic rings. The minimum Gasteiger partial charge on any atom is -0.462 e. The van der Waals surface area contributed by atoms with E-state index < -0.39 is 23.6 Å². The highest BCUT2D eigenvalue weighted by molar-refractivity contribution is 7.17. The predicted molar refractivity (Wildman–Crippen MR) is 133 cm³/mol. The molecule has 0 fully saturated rings. The second-order valence-electron chi connectivity index (χ2n) is 8.68. The van der Waals surface area contributed by atoms with Gasteiger partial charge in [-0.3, -0.25) is 4.79 Å². The zero-order valence-electron chi connectivity index (χ0n) is 20.1. The lowest BCUT2D eigenvalue weighted by molar-refractivity contribution is -0.137. The maximum Gasteiger partial charge on any atom is 0.416 e. The zero-order valence-corrected chi connectivity index (χ0v) is 20.9. The predicted octanol–water partition coefficient (Wildman–Crippen LogP) is 6.87. The minimum atomic E-state index is -4.50. The molecular weight excluding hydrogens is 505 g/mol. The van der Waals surface area contributed by atoms with Crippen LogP contribution in [0.4, 0.5) is 18.2 Å². The van der Waals surface area contributed by atoms with Gasteiger partial charge in [0.1, 0.15) is 28.2 Å². The third kappa shape index (κ3) is 5.78. The van der Waals surface area contributed by atoms with Crippen LogP contribution < -0.4 is 5.32 Å². The number of anilines is 1. The molecule has 2 aromatic heterocycles. The number of hydrogen-bond donors (Lipinski definition) is 1. The first-order valence-electron chi connectivity index (χ1n) is 11.6. The Morgan fingerprint density at radius 1 is 1.30 bits per heavy atom. The number of fused-ring (bicyclic) bond motifs is 1. The molecule has 0 saturated heterocycles. The van der Waals surface area contributed by atoms with Crippen LogP contribution in [-0.2, 0) is 28.5 Å². The van der Waals surface area contributed by atoms with E-state index in [0.717, 1.165) is 35.4 Å². The molecular formula is C27H23F3N2O4S. The Labute approximate surface area is 215 Å². The summed E-state index contributed by atoms with van der Waals surface area (Å²) >= 11 is 1.30. The number of esters is 1. The molecule has 4 rings (SSSR count). The van der Waals surface area contributed by atoms with Crippen LogP contribution in [0, 0.1) is 17.2 Å². The average molecular weight is 529 g/mol. The summed E-state index contributed by atoms with van der Waals surface area (Å²) in [5, 5.41) is 12.6. The number of carbonyl (C=O) groups is 2. The van der Waals surface area contributed by atoms with Gasteiger partial charge in [-0.05, 0) is 61.9 Å². The van der Waals surface area contributed by atoms with E-state index in [0.29, 0.717) is 22.9 Å². The number of furan rings is 1. The van der Waals surface area contributed by atoms with E-state index in [2.05, 4.69) is 12.2 Å². The number of hydrogen-bond acceptors (Lipinski definition) is 6. The van der Waals surface area contributed by atoms with Gasteiger partial charge in [-0.15, -0.1) is 11.3 Å². The van der Waals surface area contributed by atoms with Gasteiger partial charge in [-0.1, -0.05) is 19.1 Å². The number of rotatable bonds is 6. The maximum atomic E-state index is 13.0. The fourth-order valence-corrected chi connectivity index (χ4v) is 5.55. The molecule has 1 aliphatic rings. The molecule has 192 valence electrons. The first-order chi connectivity index (χ1) is 17.6. The Balaban J connectivity index is 1.59. The van der Waals surface area contributed by atoms with Crippen LogP contribution in [0.15, 0.2) is 46.4 Å². The van der Waals surface area contributed by atoms with Gasteiger partial charge in [-0.25, -0.2) is 4.79 Å². The number of nitriles is 1. The van der Waals surface area contributed by atoms with E-state index in [1.165, 1.54) is 41.7 Å². The Hall–Kier alpha value is -3.84. The van der Waals surface area contributed by atoms with Crippen molar-refractivity contribution >= 4 is 34.3 Å². The van der Waals surface area contributed by atoms with Gasteiger partial charge in [0.2, 0.25) is 0 Å². The molecule has 37 heavy (non-hydrogen) atoms. The second kappa shape index (κ2) is 10.6. The number of ether oxygens (including phenoxy) is 1. The fourth-order valence-electron chi connectivity index (χ4n) is 4.15. The third-order valence-electron chi connectivity index (χ3n) is 5.97. The molecule has 10 heteroatoms. The van der Waals surface area contributed by atoms with Crippen LogP contribution in [-0.4, -0.2) is 18.5 Å². The summed E-state index contributed by atoms with van der Waals surface area (Å²) in [5.74, 6) is -0.547. The Kier molecular flexibility index (Phi) is 7.55. The molecule has 0 radical (unpaired) electrons. The van der Waals surface area contributed by atoms with E-state index >= 15 is 0 Å². The topological polar surface area (TPSA) is 92.3 Å². The fraction of sp³-hybridized carbons (Fsp3) is 0.296. The van der Waals surface area contributed by atoms with Gasteiger partial charge in [0, 0.05) is 16.5 Å². The lowest BCUT2D eigenvalue weighted by Crippen LogP contribution is -2.17. The zero-order chi connectivity index (χ0) is 26.7. The number of amides is 1. The van der Waals surface area contributed by atoms with Crippen molar-refractivity contribution in [3.8, 4) is 17.4 Å². The maximum absolute atomic E-state index is 13.0. The SMILES string of the molecule is CCOC(=O)c1c(NC(=O)/C(C#N)=C\c2ccc(-c3cccc(C(F)(F)F)c3)o2)sc2c1CCC(C)C2. The monoisotopic (exact) mass is 528 g/mol. The van der Waals surface area contributed by atoms with Crippen molar-refractivity contribution in [3.63, 3.8) is 0 Å². The van der Waals surface area contributed by atoms with E-state index in [9.17, 15) is 28.0 Å². The number of carbonyl (C=O) groups excluding carboxylic acids is 2. The summed E-state index contributed by atoms with van der Waals surface area (Å²) in [6.45, 7) is 4.01. The molecule has 0 bridgehead atoms. The number of benzene rings is 1. The van der Waals surface area contributed by atoms with Crippen LogP contribution in [0.3, 0.4) is 0 Å². The van der Waals surface area contributed by atoms with Crippen LogP contribution in [0.25, 0.3) is 17.4 Å². The van der Waals surface area contributed by atoms with Gasteiger partial charge < -0.3 is 14.5 Å². The van der Waals surface area contributed by atoms with Gasteiger partial charge in [0.05, 0.1) is 17.7 Å². The largest absolute Gasteiger partial charge is 0.462 e. The summed E-state index contributed by atoms with van der Waals surface area (Å²) < 4.78 is 49.9. The molecule has 1 N–H and O–H groups in total. The Morgan fingerprint density at radius 3 is 2.78 bits per heavy atom. The lowest BCUT2D eigenvalue weighted by Gasteiger charge is -2.18. The molecule has 0 spiro atoms. The van der Waals surface area contributed by atoms with Crippen molar-refractivity contribution < 1.29 is 31.9 Å². The van der Waals surface area contributed by atoms with Gasteiger partial charge in [0.15, 0.2) is 0 Å². The number of nitrogens with zero attached hydrogens (tertiary/aromatic N) is 1. The second-order valence-corrected chi connectivity index (χ2v) is 9.79. The summed E-state index contributed by atoms with van der Waals surface area (Å²) in [6.07, 6.45) is -0.902. The molecule has 2 heterocycles. The van der Waals surface area contributed by atoms with Crippen LogP contribution in [0.1, 0.15) is 52.4 Å². The normalized spacial score (nSPS) is 15.6. The van der Waals surface area contributed by atoms with E-state index in [1.807, 2.05) is 6.07 Å². The Morgan fingerprint density at radius 2 is 2.08 bits per heavy atom. The van der Waals surface area contributed by atoms with Gasteiger partial charge >= 0.3 is 12.1 Å². The first kappa shape index (κ1) is 26.2. The molecule has 1 aliphatic carbocycles. The van der Waals surface area contributed by atoms with Crippen molar-refractivity contribution in [1.29, 1.82) is 5.26 Å². The average Bonchev–Trinajstić information content (AvgIpc) is 3.46. The van der Waals surface area contributed by atoms with Crippen molar-refractivity contribution in [3.05, 3.63) is 69.3 Å². The molecule has 1 amide bonds. The molecule has 0 aliphatic heterocycles. The molecule has 1 aromatic carbocycles. The number of thiophene rings is 1. The lowest BCUT2D eigenvalue weighted by atomic mass is 9.88. The first-order valence-corrected chi connectivity index (χ1v) is 12.4. The number of nitrogens with one attached hydrogen (secondary N) is 1. The van der Waals surface area contributed by atoms with Gasteiger partial charge in [0.25, 0.3) is 5.91 Å². The summed E-state index contributed by atoms with van der Waals surface area (Å²) in [4.78, 5) is 26.7. The van der Waals surface area contributed by atoms with Crippen molar-refractivity contribution in [2.24, 2.45) is 5.92 Å². The molecule has 1 atom stereocenters.